The summed E-state index contributed by atoms with van der Waals surface area (Å²) in [5.74, 6) is -0.132. The third kappa shape index (κ3) is 3.54. The fourth-order valence-corrected chi connectivity index (χ4v) is 2.88. The minimum atomic E-state index is -0.208. The van der Waals surface area contributed by atoms with E-state index in [1.54, 1.807) is 23.1 Å². The third-order valence-corrected chi connectivity index (χ3v) is 4.31. The van der Waals surface area contributed by atoms with E-state index in [9.17, 15) is 9.59 Å². The molecule has 6 heteroatoms. The van der Waals surface area contributed by atoms with E-state index in [0.29, 0.717) is 12.1 Å². The molecule has 3 rings (SSSR count). The summed E-state index contributed by atoms with van der Waals surface area (Å²) in [6.07, 6.45) is 3.19. The number of hydrogen-bond donors (Lipinski definition) is 0. The Labute approximate surface area is 147 Å². The van der Waals surface area contributed by atoms with Gasteiger partial charge in [0.15, 0.2) is 5.78 Å². The topological polar surface area (TPSA) is 56.9 Å². The number of benzene rings is 1. The Hall–Kier alpha value is -2.47. The molecule has 0 spiro atoms. The predicted octanol–water partition coefficient (Wildman–Crippen LogP) is 3.05. The van der Waals surface area contributed by atoms with Crippen molar-refractivity contribution in [2.24, 2.45) is 0 Å². The molecule has 0 bridgehead atoms. The number of carbonyl (C=O) groups is 1. The summed E-state index contributed by atoms with van der Waals surface area (Å²) in [6, 6.07) is 13.0. The highest BCUT2D eigenvalue weighted by Crippen LogP contribution is 2.12. The molecule has 3 aromatic rings. The summed E-state index contributed by atoms with van der Waals surface area (Å²) in [4.78, 5) is 24.4. The van der Waals surface area contributed by atoms with Gasteiger partial charge in [0.05, 0.1) is 24.8 Å². The number of rotatable bonds is 5. The van der Waals surface area contributed by atoms with E-state index in [1.165, 1.54) is 10.6 Å². The SMILES string of the molecule is Cc1c(C(=O)Cn2cc(Br)ccc2=O)cnn1Cc1ccccc1. The molecule has 2 aromatic heterocycles. The van der Waals surface area contributed by atoms with Gasteiger partial charge < -0.3 is 4.57 Å². The van der Waals surface area contributed by atoms with E-state index in [2.05, 4.69) is 21.0 Å². The Morgan fingerprint density at radius 1 is 1.17 bits per heavy atom. The second-order valence-corrected chi connectivity index (χ2v) is 6.44. The Morgan fingerprint density at radius 3 is 2.67 bits per heavy atom. The molecule has 0 aliphatic heterocycles. The normalized spacial score (nSPS) is 10.8. The van der Waals surface area contributed by atoms with Crippen molar-refractivity contribution < 1.29 is 4.79 Å². The lowest BCUT2D eigenvalue weighted by Gasteiger charge is -2.07. The van der Waals surface area contributed by atoms with Gasteiger partial charge >= 0.3 is 0 Å². The molecule has 0 atom stereocenters. The maximum Gasteiger partial charge on any atom is 0.251 e. The summed E-state index contributed by atoms with van der Waals surface area (Å²) in [7, 11) is 0. The van der Waals surface area contributed by atoms with Gasteiger partial charge in [0, 0.05) is 22.4 Å². The number of hydrogen-bond acceptors (Lipinski definition) is 3. The highest BCUT2D eigenvalue weighted by Gasteiger charge is 2.15. The van der Waals surface area contributed by atoms with Gasteiger partial charge in [0.2, 0.25) is 0 Å². The smallest absolute Gasteiger partial charge is 0.251 e. The number of aromatic nitrogens is 3. The lowest BCUT2D eigenvalue weighted by atomic mass is 10.1. The van der Waals surface area contributed by atoms with Crippen LogP contribution in [-0.2, 0) is 13.1 Å². The van der Waals surface area contributed by atoms with Crippen LogP contribution in [0, 0.1) is 6.92 Å². The average Bonchev–Trinajstić information content (AvgIpc) is 2.93. The van der Waals surface area contributed by atoms with Crippen LogP contribution < -0.4 is 5.56 Å². The quantitative estimate of drug-likeness (QED) is 0.634. The molecule has 0 N–H and O–H groups in total. The summed E-state index contributed by atoms with van der Waals surface area (Å²) in [5.41, 5.74) is 2.25. The Morgan fingerprint density at radius 2 is 1.92 bits per heavy atom. The number of halogens is 1. The molecule has 0 unspecified atom stereocenters. The summed E-state index contributed by atoms with van der Waals surface area (Å²) in [5, 5.41) is 4.31. The minimum Gasteiger partial charge on any atom is -0.307 e. The van der Waals surface area contributed by atoms with E-state index in [0.717, 1.165) is 15.7 Å². The van der Waals surface area contributed by atoms with E-state index in [4.69, 9.17) is 0 Å². The molecule has 0 radical (unpaired) electrons. The standard InChI is InChI=1S/C18H16BrN3O2/c1-13-16(9-20-22(13)10-14-5-3-2-4-6-14)17(23)12-21-11-15(19)7-8-18(21)24/h2-9,11H,10,12H2,1H3. The minimum absolute atomic E-state index is 0.00383. The van der Waals surface area contributed by atoms with E-state index in [-0.39, 0.29) is 17.9 Å². The summed E-state index contributed by atoms with van der Waals surface area (Å²) in [6.45, 7) is 2.47. The third-order valence-electron chi connectivity index (χ3n) is 3.84. The van der Waals surface area contributed by atoms with Crippen LogP contribution in [0.15, 0.2) is 64.1 Å². The number of carbonyl (C=O) groups excluding carboxylic acids is 1. The van der Waals surface area contributed by atoms with E-state index in [1.807, 2.05) is 37.3 Å². The average molecular weight is 386 g/mol. The molecular formula is C18H16BrN3O2. The van der Waals surface area contributed by atoms with Gasteiger partial charge in [-0.1, -0.05) is 30.3 Å². The number of ketones is 1. The van der Waals surface area contributed by atoms with Gasteiger partial charge in [-0.05, 0) is 34.5 Å². The van der Waals surface area contributed by atoms with Crippen LogP contribution >= 0.6 is 15.9 Å². The number of pyridine rings is 1. The van der Waals surface area contributed by atoms with Crippen LogP contribution in [0.3, 0.4) is 0 Å². The van der Waals surface area contributed by atoms with Crippen molar-refractivity contribution in [2.45, 2.75) is 20.0 Å². The lowest BCUT2D eigenvalue weighted by molar-refractivity contribution is 0.0970. The van der Waals surface area contributed by atoms with E-state index < -0.39 is 0 Å². The van der Waals surface area contributed by atoms with Gasteiger partial charge in [0.25, 0.3) is 5.56 Å². The largest absolute Gasteiger partial charge is 0.307 e. The zero-order chi connectivity index (χ0) is 17.1. The van der Waals surface area contributed by atoms with Gasteiger partial charge in [-0.25, -0.2) is 0 Å². The Balaban J connectivity index is 1.81. The molecule has 24 heavy (non-hydrogen) atoms. The van der Waals surface area contributed by atoms with Crippen molar-refractivity contribution in [3.63, 3.8) is 0 Å². The summed E-state index contributed by atoms with van der Waals surface area (Å²) >= 11 is 3.31. The molecule has 5 nitrogen and oxygen atoms in total. The molecule has 0 aliphatic carbocycles. The first-order chi connectivity index (χ1) is 11.5. The van der Waals surface area contributed by atoms with Gasteiger partial charge in [0.1, 0.15) is 0 Å². The van der Waals surface area contributed by atoms with Crippen molar-refractivity contribution in [1.29, 1.82) is 0 Å². The van der Waals surface area contributed by atoms with Gasteiger partial charge in [-0.3, -0.25) is 14.3 Å². The Kier molecular flexibility index (Phi) is 4.76. The highest BCUT2D eigenvalue weighted by atomic mass is 79.9. The Bertz CT molecular complexity index is 929. The van der Waals surface area contributed by atoms with Crippen molar-refractivity contribution in [1.82, 2.24) is 14.3 Å². The molecule has 2 heterocycles. The van der Waals surface area contributed by atoms with Crippen LogP contribution in [0.5, 0.6) is 0 Å². The van der Waals surface area contributed by atoms with Gasteiger partial charge in [-0.2, -0.15) is 5.10 Å². The fourth-order valence-electron chi connectivity index (χ4n) is 2.50. The molecule has 0 aliphatic rings. The predicted molar refractivity (Wildman–Crippen MR) is 95.2 cm³/mol. The second-order valence-electron chi connectivity index (χ2n) is 5.52. The van der Waals surface area contributed by atoms with Crippen molar-refractivity contribution in [2.75, 3.05) is 0 Å². The second kappa shape index (κ2) is 6.97. The van der Waals surface area contributed by atoms with Crippen LogP contribution in [-0.4, -0.2) is 20.1 Å². The number of Topliss-reactive ketones (excluding diaryl/α,β-unsaturated/α-hetero) is 1. The molecule has 0 fully saturated rings. The molecular weight excluding hydrogens is 370 g/mol. The molecule has 122 valence electrons. The van der Waals surface area contributed by atoms with Crippen molar-refractivity contribution >= 4 is 21.7 Å². The monoisotopic (exact) mass is 385 g/mol. The van der Waals surface area contributed by atoms with Crippen molar-refractivity contribution in [3.05, 3.63) is 86.5 Å². The molecule has 0 saturated carbocycles. The van der Waals surface area contributed by atoms with Crippen LogP contribution in [0.1, 0.15) is 21.6 Å². The first-order valence-electron chi connectivity index (χ1n) is 7.50. The van der Waals surface area contributed by atoms with Crippen LogP contribution in [0.4, 0.5) is 0 Å². The maximum absolute atomic E-state index is 12.5. The zero-order valence-corrected chi connectivity index (χ0v) is 14.7. The molecule has 1 aromatic carbocycles. The van der Waals surface area contributed by atoms with Crippen LogP contribution in [0.25, 0.3) is 0 Å². The van der Waals surface area contributed by atoms with Crippen LogP contribution in [0.2, 0.25) is 0 Å². The van der Waals surface area contributed by atoms with E-state index >= 15 is 0 Å². The first kappa shape index (κ1) is 16.4. The number of nitrogens with zero attached hydrogens (tertiary/aromatic N) is 3. The zero-order valence-electron chi connectivity index (χ0n) is 13.1. The highest BCUT2D eigenvalue weighted by molar-refractivity contribution is 9.10. The summed E-state index contributed by atoms with van der Waals surface area (Å²) < 4.78 is 3.94. The van der Waals surface area contributed by atoms with Gasteiger partial charge in [-0.15, -0.1) is 0 Å². The lowest BCUT2D eigenvalue weighted by Crippen LogP contribution is -2.23. The maximum atomic E-state index is 12.5. The molecule has 0 amide bonds. The fraction of sp³-hybridized carbons (Fsp3) is 0.167. The van der Waals surface area contributed by atoms with Crippen molar-refractivity contribution in [3.8, 4) is 0 Å². The first-order valence-corrected chi connectivity index (χ1v) is 8.29. The molecule has 0 saturated heterocycles.